The second kappa shape index (κ2) is 7.44. The van der Waals surface area contributed by atoms with Crippen molar-refractivity contribution in [1.82, 2.24) is 15.2 Å². The largest absolute Gasteiger partial charge is 0.448 e. The summed E-state index contributed by atoms with van der Waals surface area (Å²) in [6.07, 6.45) is 1.35. The van der Waals surface area contributed by atoms with Gasteiger partial charge in [-0.1, -0.05) is 30.3 Å². The summed E-state index contributed by atoms with van der Waals surface area (Å²) in [5.41, 5.74) is 1.71. The molecule has 0 aliphatic carbocycles. The number of rotatable bonds is 6. The van der Waals surface area contributed by atoms with Crippen LogP contribution >= 0.6 is 0 Å². The Morgan fingerprint density at radius 2 is 2.14 bits per heavy atom. The zero-order valence-electron chi connectivity index (χ0n) is 12.0. The van der Waals surface area contributed by atoms with Crippen molar-refractivity contribution in [3.05, 3.63) is 53.7 Å². The monoisotopic (exact) mass is 289 g/mol. The van der Waals surface area contributed by atoms with Crippen LogP contribution in [0.3, 0.4) is 0 Å². The Kier molecular flexibility index (Phi) is 5.34. The lowest BCUT2D eigenvalue weighted by Crippen LogP contribution is -2.40. The lowest BCUT2D eigenvalue weighted by molar-refractivity contribution is 0.173. The summed E-state index contributed by atoms with van der Waals surface area (Å²) < 4.78 is 5.08. The van der Waals surface area contributed by atoms with E-state index in [4.69, 9.17) is 9.52 Å². The van der Waals surface area contributed by atoms with E-state index in [1.807, 2.05) is 30.3 Å². The van der Waals surface area contributed by atoms with E-state index in [-0.39, 0.29) is 19.2 Å². The van der Waals surface area contributed by atoms with Gasteiger partial charge in [0.2, 0.25) is 0 Å². The fourth-order valence-corrected chi connectivity index (χ4v) is 1.95. The number of urea groups is 1. The molecule has 2 N–H and O–H groups in total. The molecule has 6 nitrogen and oxygen atoms in total. The Morgan fingerprint density at radius 1 is 1.38 bits per heavy atom. The Balaban J connectivity index is 1.94. The average molecular weight is 289 g/mol. The first-order valence-corrected chi connectivity index (χ1v) is 6.77. The first-order chi connectivity index (χ1) is 10.2. The standard InChI is InChI=1S/C15H19N3O3/c1-12-14(17-11-21-12)9-16-15(20)18(7-8-19)10-13-5-3-2-4-6-13/h2-6,11,19H,7-10H2,1H3,(H,16,20). The van der Waals surface area contributed by atoms with Crippen LogP contribution in [0.1, 0.15) is 17.0 Å². The van der Waals surface area contributed by atoms with Gasteiger partial charge in [-0.05, 0) is 12.5 Å². The van der Waals surface area contributed by atoms with E-state index in [0.717, 1.165) is 5.56 Å². The van der Waals surface area contributed by atoms with E-state index < -0.39 is 0 Å². The molecule has 1 heterocycles. The van der Waals surface area contributed by atoms with Gasteiger partial charge in [-0.25, -0.2) is 9.78 Å². The van der Waals surface area contributed by atoms with Crippen LogP contribution in [0.2, 0.25) is 0 Å². The van der Waals surface area contributed by atoms with Crippen molar-refractivity contribution in [2.24, 2.45) is 0 Å². The van der Waals surface area contributed by atoms with Crippen LogP contribution in [-0.2, 0) is 13.1 Å². The maximum absolute atomic E-state index is 12.2. The molecule has 1 aromatic carbocycles. The van der Waals surface area contributed by atoms with Crippen molar-refractivity contribution < 1.29 is 14.3 Å². The molecular formula is C15H19N3O3. The van der Waals surface area contributed by atoms with E-state index in [2.05, 4.69) is 10.3 Å². The number of nitrogens with one attached hydrogen (secondary N) is 1. The fourth-order valence-electron chi connectivity index (χ4n) is 1.95. The van der Waals surface area contributed by atoms with Crippen LogP contribution in [-0.4, -0.2) is 34.2 Å². The van der Waals surface area contributed by atoms with Crippen molar-refractivity contribution in [3.8, 4) is 0 Å². The number of aryl methyl sites for hydroxylation is 1. The Hall–Kier alpha value is -2.34. The quantitative estimate of drug-likeness (QED) is 0.848. The van der Waals surface area contributed by atoms with Crippen LogP contribution in [0.4, 0.5) is 4.79 Å². The van der Waals surface area contributed by atoms with Crippen LogP contribution in [0.15, 0.2) is 41.1 Å². The number of nitrogens with zero attached hydrogens (tertiary/aromatic N) is 2. The van der Waals surface area contributed by atoms with Gasteiger partial charge in [0.15, 0.2) is 6.39 Å². The van der Waals surface area contributed by atoms with Gasteiger partial charge in [-0.2, -0.15) is 0 Å². The molecule has 0 bridgehead atoms. The summed E-state index contributed by atoms with van der Waals surface area (Å²) in [4.78, 5) is 17.8. The molecule has 0 saturated heterocycles. The van der Waals surface area contributed by atoms with Crippen molar-refractivity contribution in [2.75, 3.05) is 13.2 Å². The molecule has 0 aliphatic heterocycles. The van der Waals surface area contributed by atoms with Crippen molar-refractivity contribution >= 4 is 6.03 Å². The minimum atomic E-state index is -0.240. The predicted octanol–water partition coefficient (Wildman–Crippen LogP) is 1.69. The maximum Gasteiger partial charge on any atom is 0.318 e. The molecule has 2 rings (SSSR count). The van der Waals surface area contributed by atoms with Crippen molar-refractivity contribution in [1.29, 1.82) is 0 Å². The predicted molar refractivity (Wildman–Crippen MR) is 77.4 cm³/mol. The highest BCUT2D eigenvalue weighted by Gasteiger charge is 2.14. The van der Waals surface area contributed by atoms with E-state index in [1.54, 1.807) is 11.8 Å². The highest BCUT2D eigenvalue weighted by Crippen LogP contribution is 2.06. The van der Waals surface area contributed by atoms with Crippen molar-refractivity contribution in [2.45, 2.75) is 20.0 Å². The minimum Gasteiger partial charge on any atom is -0.448 e. The third-order valence-corrected chi connectivity index (χ3v) is 3.12. The number of oxazole rings is 1. The second-order valence-electron chi connectivity index (χ2n) is 4.64. The second-order valence-corrected chi connectivity index (χ2v) is 4.64. The lowest BCUT2D eigenvalue weighted by atomic mass is 10.2. The van der Waals surface area contributed by atoms with E-state index in [9.17, 15) is 4.79 Å². The van der Waals surface area contributed by atoms with Gasteiger partial charge in [0.1, 0.15) is 11.5 Å². The van der Waals surface area contributed by atoms with Gasteiger partial charge in [-0.3, -0.25) is 0 Å². The molecule has 2 aromatic rings. The zero-order chi connectivity index (χ0) is 15.1. The molecule has 0 aliphatic rings. The highest BCUT2D eigenvalue weighted by molar-refractivity contribution is 5.74. The smallest absolute Gasteiger partial charge is 0.318 e. The molecular weight excluding hydrogens is 270 g/mol. The van der Waals surface area contributed by atoms with Gasteiger partial charge >= 0.3 is 6.03 Å². The molecule has 0 atom stereocenters. The van der Waals surface area contributed by atoms with E-state index >= 15 is 0 Å². The molecule has 0 spiro atoms. The minimum absolute atomic E-state index is 0.0801. The third kappa shape index (κ3) is 4.32. The van der Waals surface area contributed by atoms with E-state index in [1.165, 1.54) is 6.39 Å². The Labute approximate surface area is 123 Å². The zero-order valence-corrected chi connectivity index (χ0v) is 12.0. The number of benzene rings is 1. The number of aromatic nitrogens is 1. The first kappa shape index (κ1) is 15.1. The van der Waals surface area contributed by atoms with Gasteiger partial charge in [-0.15, -0.1) is 0 Å². The van der Waals surface area contributed by atoms with Crippen molar-refractivity contribution in [3.63, 3.8) is 0 Å². The van der Waals surface area contributed by atoms with Gasteiger partial charge in [0, 0.05) is 13.1 Å². The molecule has 112 valence electrons. The molecule has 21 heavy (non-hydrogen) atoms. The summed E-state index contributed by atoms with van der Waals surface area (Å²) in [5.74, 6) is 0.687. The van der Waals surface area contributed by atoms with Gasteiger partial charge in [0.05, 0.1) is 13.2 Å². The molecule has 2 amide bonds. The van der Waals surface area contributed by atoms with Crippen LogP contribution in [0.25, 0.3) is 0 Å². The van der Waals surface area contributed by atoms with Gasteiger partial charge in [0.25, 0.3) is 0 Å². The number of aliphatic hydroxyl groups excluding tert-OH is 1. The fraction of sp³-hybridized carbons (Fsp3) is 0.333. The summed E-state index contributed by atoms with van der Waals surface area (Å²) in [7, 11) is 0. The number of aliphatic hydroxyl groups is 1. The Morgan fingerprint density at radius 3 is 2.76 bits per heavy atom. The number of carbonyl (C=O) groups excluding carboxylic acids is 1. The van der Waals surface area contributed by atoms with Gasteiger partial charge < -0.3 is 19.7 Å². The summed E-state index contributed by atoms with van der Waals surface area (Å²) in [6.45, 7) is 2.74. The summed E-state index contributed by atoms with van der Waals surface area (Å²) >= 11 is 0. The molecule has 0 radical (unpaired) electrons. The average Bonchev–Trinajstić information content (AvgIpc) is 2.91. The molecule has 0 fully saturated rings. The van der Waals surface area contributed by atoms with Crippen LogP contribution < -0.4 is 5.32 Å². The number of hydrogen-bond donors (Lipinski definition) is 2. The lowest BCUT2D eigenvalue weighted by Gasteiger charge is -2.22. The van der Waals surface area contributed by atoms with Crippen LogP contribution in [0.5, 0.6) is 0 Å². The molecule has 0 unspecified atom stereocenters. The first-order valence-electron chi connectivity index (χ1n) is 6.77. The summed E-state index contributed by atoms with van der Waals surface area (Å²) in [5, 5.41) is 11.9. The summed E-state index contributed by atoms with van der Waals surface area (Å²) in [6, 6.07) is 9.41. The molecule has 1 aromatic heterocycles. The van der Waals surface area contributed by atoms with Crippen LogP contribution in [0, 0.1) is 6.92 Å². The maximum atomic E-state index is 12.2. The normalized spacial score (nSPS) is 10.4. The molecule has 6 heteroatoms. The number of hydrogen-bond acceptors (Lipinski definition) is 4. The Bertz CT molecular complexity index is 569. The number of carbonyl (C=O) groups is 1. The highest BCUT2D eigenvalue weighted by atomic mass is 16.3. The topological polar surface area (TPSA) is 78.6 Å². The molecule has 0 saturated carbocycles. The third-order valence-electron chi connectivity index (χ3n) is 3.12. The number of amides is 2. The SMILES string of the molecule is Cc1ocnc1CNC(=O)N(CCO)Cc1ccccc1. The van der Waals surface area contributed by atoms with E-state index in [0.29, 0.717) is 24.5 Å².